The maximum Gasteiger partial charge on any atom is 0.0236 e. The highest BCUT2D eigenvalue weighted by Gasteiger charge is 2.14. The molecule has 0 amide bonds. The Labute approximate surface area is 140 Å². The molecule has 1 atom stereocenters. The molecule has 0 aliphatic rings. The zero-order chi connectivity index (χ0) is 16.1. The third-order valence-electron chi connectivity index (χ3n) is 4.26. The molecule has 1 aromatic rings. The van der Waals surface area contributed by atoms with Gasteiger partial charge in [-0.3, -0.25) is 0 Å². The Bertz CT molecular complexity index is 361. The quantitative estimate of drug-likeness (QED) is 0.387. The van der Waals surface area contributed by atoms with E-state index in [9.17, 15) is 4.55 Å². The third-order valence-corrected chi connectivity index (χ3v) is 6.38. The number of unbranched alkanes of at least 4 members (excludes halogenated alkanes) is 9. The molecule has 1 aromatic carbocycles. The Kier molecular flexibility index (Phi) is 10.7. The van der Waals surface area contributed by atoms with Gasteiger partial charge in [0.1, 0.15) is 0 Å². The van der Waals surface area contributed by atoms with Crippen LogP contribution in [0.5, 0.6) is 0 Å². The molecule has 0 aliphatic carbocycles. The second-order valence-electron chi connectivity index (χ2n) is 6.74. The van der Waals surface area contributed by atoms with Crippen molar-refractivity contribution in [3.05, 3.63) is 35.9 Å². The van der Waals surface area contributed by atoms with Crippen molar-refractivity contribution in [1.82, 2.24) is 0 Å². The van der Waals surface area contributed by atoms with Crippen molar-refractivity contribution in [1.29, 1.82) is 0 Å². The second-order valence-corrected chi connectivity index (χ2v) is 9.88. The molecule has 1 nitrogen and oxygen atoms in total. The first-order chi connectivity index (χ1) is 10.6. The average Bonchev–Trinajstić information content (AvgIpc) is 2.49. The summed E-state index contributed by atoms with van der Waals surface area (Å²) in [5, 5.41) is 0. The number of hydrogen-bond acceptors (Lipinski definition) is 1. The van der Waals surface area contributed by atoms with Crippen molar-refractivity contribution in [3.63, 3.8) is 0 Å². The van der Waals surface area contributed by atoms with E-state index in [0.29, 0.717) is 0 Å². The fraction of sp³-hybridized carbons (Fsp3) is 0.700. The maximum atomic E-state index is 10.6. The van der Waals surface area contributed by atoms with E-state index in [2.05, 4.69) is 37.4 Å². The van der Waals surface area contributed by atoms with E-state index < -0.39 is 10.3 Å². The Morgan fingerprint density at radius 2 is 1.27 bits per heavy atom. The molecule has 0 fully saturated rings. The highest BCUT2D eigenvalue weighted by atomic mass is 32.3. The zero-order valence-corrected chi connectivity index (χ0v) is 15.5. The Morgan fingerprint density at radius 1 is 0.773 bits per heavy atom. The lowest BCUT2D eigenvalue weighted by atomic mass is 10.1. The normalized spacial score (nSPS) is 15.4. The van der Waals surface area contributed by atoms with Crippen LogP contribution in [0, 0.1) is 0 Å². The van der Waals surface area contributed by atoms with Crippen LogP contribution in [0.1, 0.15) is 76.7 Å². The molecule has 0 bridgehead atoms. The standard InChI is InChI=1S/C20H36OS/c1-3-4-5-6-7-8-9-10-11-15-18-22(2,21)19-20-16-13-12-14-17-20/h12-14,16-17,21H,3-11,15,18-19H2,1-2H3. The van der Waals surface area contributed by atoms with E-state index in [1.165, 1.54) is 69.8 Å². The topological polar surface area (TPSA) is 20.2 Å². The predicted molar refractivity (Wildman–Crippen MR) is 103 cm³/mol. The molecule has 0 saturated carbocycles. The molecule has 1 rings (SSSR count). The van der Waals surface area contributed by atoms with Crippen LogP contribution in [0.25, 0.3) is 0 Å². The Hall–Kier alpha value is -0.470. The largest absolute Gasteiger partial charge is 0.351 e. The van der Waals surface area contributed by atoms with E-state index in [1.807, 2.05) is 6.07 Å². The number of rotatable bonds is 13. The Morgan fingerprint density at radius 3 is 1.82 bits per heavy atom. The summed E-state index contributed by atoms with van der Waals surface area (Å²) < 4.78 is 10.6. The summed E-state index contributed by atoms with van der Waals surface area (Å²) in [7, 11) is -1.44. The van der Waals surface area contributed by atoms with Crippen molar-refractivity contribution in [2.75, 3.05) is 12.0 Å². The summed E-state index contributed by atoms with van der Waals surface area (Å²) in [6, 6.07) is 10.4. The van der Waals surface area contributed by atoms with E-state index in [-0.39, 0.29) is 0 Å². The Balaban J connectivity index is 1.99. The van der Waals surface area contributed by atoms with Crippen LogP contribution in [-0.4, -0.2) is 16.6 Å². The van der Waals surface area contributed by atoms with Gasteiger partial charge in [0.15, 0.2) is 0 Å². The minimum absolute atomic E-state index is 0.852. The molecule has 1 unspecified atom stereocenters. The van der Waals surface area contributed by atoms with Crippen LogP contribution in [0.4, 0.5) is 0 Å². The molecule has 128 valence electrons. The molecular weight excluding hydrogens is 288 g/mol. The highest BCUT2D eigenvalue weighted by Crippen LogP contribution is 2.43. The van der Waals surface area contributed by atoms with Gasteiger partial charge in [-0.2, -0.15) is 0 Å². The van der Waals surface area contributed by atoms with Gasteiger partial charge in [-0.05, 0) is 24.0 Å². The summed E-state index contributed by atoms with van der Waals surface area (Å²) >= 11 is 0. The van der Waals surface area contributed by atoms with Gasteiger partial charge in [0.25, 0.3) is 0 Å². The predicted octanol–water partition coefficient (Wildman–Crippen LogP) is 7.01. The lowest BCUT2D eigenvalue weighted by Gasteiger charge is -2.29. The van der Waals surface area contributed by atoms with Crippen molar-refractivity contribution >= 4 is 10.3 Å². The van der Waals surface area contributed by atoms with Crippen LogP contribution in [-0.2, 0) is 5.75 Å². The van der Waals surface area contributed by atoms with E-state index >= 15 is 0 Å². The molecule has 0 aromatic heterocycles. The average molecular weight is 325 g/mol. The lowest BCUT2D eigenvalue weighted by molar-refractivity contribution is 0.560. The molecule has 1 N–H and O–H groups in total. The van der Waals surface area contributed by atoms with Crippen LogP contribution in [0.2, 0.25) is 0 Å². The molecule has 0 aliphatic heterocycles. The molecule has 0 saturated heterocycles. The van der Waals surface area contributed by atoms with Gasteiger partial charge < -0.3 is 4.55 Å². The number of hydrogen-bond donors (Lipinski definition) is 1. The highest BCUT2D eigenvalue weighted by molar-refractivity contribution is 8.27. The van der Waals surface area contributed by atoms with E-state index in [4.69, 9.17) is 0 Å². The summed E-state index contributed by atoms with van der Waals surface area (Å²) in [6.07, 6.45) is 15.6. The minimum atomic E-state index is -1.44. The summed E-state index contributed by atoms with van der Waals surface area (Å²) in [5.74, 6) is 1.85. The third kappa shape index (κ3) is 10.3. The second kappa shape index (κ2) is 12.0. The van der Waals surface area contributed by atoms with Crippen LogP contribution >= 0.6 is 10.3 Å². The fourth-order valence-electron chi connectivity index (χ4n) is 2.91. The SMILES string of the molecule is CCCCCCCCCCCCS(C)(O)Cc1ccccc1. The summed E-state index contributed by atoms with van der Waals surface area (Å²) in [5.41, 5.74) is 1.27. The monoisotopic (exact) mass is 324 g/mol. The van der Waals surface area contributed by atoms with Gasteiger partial charge in [-0.1, -0.05) is 95.0 Å². The first-order valence-corrected chi connectivity index (χ1v) is 11.5. The van der Waals surface area contributed by atoms with Gasteiger partial charge in [0.2, 0.25) is 0 Å². The molecular formula is C20H36OS. The smallest absolute Gasteiger partial charge is 0.0236 e. The minimum Gasteiger partial charge on any atom is -0.351 e. The fourth-order valence-corrected chi connectivity index (χ4v) is 4.79. The molecule has 22 heavy (non-hydrogen) atoms. The van der Waals surface area contributed by atoms with Crippen LogP contribution in [0.15, 0.2) is 30.3 Å². The summed E-state index contributed by atoms with van der Waals surface area (Å²) in [6.45, 7) is 2.27. The molecule has 2 heteroatoms. The molecule has 0 spiro atoms. The van der Waals surface area contributed by atoms with Gasteiger partial charge in [0, 0.05) is 5.75 Å². The first-order valence-electron chi connectivity index (χ1n) is 9.14. The van der Waals surface area contributed by atoms with Crippen LogP contribution in [0.3, 0.4) is 0 Å². The van der Waals surface area contributed by atoms with E-state index in [0.717, 1.165) is 11.5 Å². The van der Waals surface area contributed by atoms with Crippen molar-refractivity contribution in [2.24, 2.45) is 0 Å². The van der Waals surface area contributed by atoms with Crippen molar-refractivity contribution in [3.8, 4) is 0 Å². The van der Waals surface area contributed by atoms with Gasteiger partial charge in [0.05, 0.1) is 0 Å². The number of benzene rings is 1. The zero-order valence-electron chi connectivity index (χ0n) is 14.7. The lowest BCUT2D eigenvalue weighted by Crippen LogP contribution is -2.05. The van der Waals surface area contributed by atoms with Gasteiger partial charge >= 0.3 is 0 Å². The molecule has 0 radical (unpaired) electrons. The van der Waals surface area contributed by atoms with Gasteiger partial charge in [-0.25, -0.2) is 0 Å². The van der Waals surface area contributed by atoms with Gasteiger partial charge in [-0.15, -0.1) is 10.3 Å². The first kappa shape index (κ1) is 19.6. The summed E-state index contributed by atoms with van der Waals surface area (Å²) in [4.78, 5) is 0. The van der Waals surface area contributed by atoms with Crippen molar-refractivity contribution in [2.45, 2.75) is 76.9 Å². The molecule has 0 heterocycles. The maximum absolute atomic E-state index is 10.6. The van der Waals surface area contributed by atoms with Crippen molar-refractivity contribution < 1.29 is 4.55 Å². The van der Waals surface area contributed by atoms with E-state index in [1.54, 1.807) is 0 Å². The van der Waals surface area contributed by atoms with Crippen LogP contribution < -0.4 is 0 Å².